The predicted octanol–water partition coefficient (Wildman–Crippen LogP) is 1.44. The van der Waals surface area contributed by atoms with Crippen molar-refractivity contribution in [1.29, 1.82) is 0 Å². The summed E-state index contributed by atoms with van der Waals surface area (Å²) >= 11 is 0. The molecule has 0 bridgehead atoms. The summed E-state index contributed by atoms with van der Waals surface area (Å²) in [5, 5.41) is 9.58. The van der Waals surface area contributed by atoms with E-state index in [2.05, 4.69) is 0 Å². The normalized spacial score (nSPS) is 9.88. The van der Waals surface area contributed by atoms with Crippen LogP contribution in [0.25, 0.3) is 0 Å². The predicted molar refractivity (Wildman–Crippen MR) is 60.9 cm³/mol. The molecule has 0 fully saturated rings. The van der Waals surface area contributed by atoms with Gasteiger partial charge in [-0.2, -0.15) is 0 Å². The molecule has 92 valence electrons. The molecule has 0 aromatic heterocycles. The van der Waals surface area contributed by atoms with Crippen molar-refractivity contribution < 1.29 is 19.5 Å². The lowest BCUT2D eigenvalue weighted by atomic mass is 10.2. The van der Waals surface area contributed by atoms with Crippen LogP contribution in [-0.4, -0.2) is 29.1 Å². The molecule has 0 saturated heterocycles. The molecule has 0 radical (unpaired) electrons. The second-order valence-corrected chi connectivity index (χ2v) is 3.50. The van der Waals surface area contributed by atoms with Crippen molar-refractivity contribution in [2.75, 3.05) is 6.54 Å². The smallest absolute Gasteiger partial charge is 0.303 e. The Morgan fingerprint density at radius 2 is 2.06 bits per heavy atom. The van der Waals surface area contributed by atoms with Crippen molar-refractivity contribution in [3.8, 4) is 0 Å². The first-order chi connectivity index (χ1) is 8.22. The van der Waals surface area contributed by atoms with Gasteiger partial charge in [-0.25, -0.2) is 5.06 Å². The number of aliphatic carboxylic acids is 1. The van der Waals surface area contributed by atoms with Crippen LogP contribution in [0.1, 0.15) is 18.4 Å². The molecule has 5 heteroatoms. The third-order valence-corrected chi connectivity index (χ3v) is 2.13. The molecule has 17 heavy (non-hydrogen) atoms. The third kappa shape index (κ3) is 5.67. The van der Waals surface area contributed by atoms with E-state index in [1.54, 1.807) is 0 Å². The van der Waals surface area contributed by atoms with Crippen molar-refractivity contribution in [1.82, 2.24) is 5.06 Å². The number of benzene rings is 1. The molecule has 1 rings (SSSR count). The van der Waals surface area contributed by atoms with Gasteiger partial charge in [0.2, 0.25) is 6.41 Å². The van der Waals surface area contributed by atoms with Crippen LogP contribution in [0.5, 0.6) is 0 Å². The Bertz CT molecular complexity index is 353. The molecular weight excluding hydrogens is 222 g/mol. The number of carbonyl (C=O) groups excluding carboxylic acids is 1. The van der Waals surface area contributed by atoms with E-state index in [9.17, 15) is 9.59 Å². The fraction of sp³-hybridized carbons (Fsp3) is 0.333. The summed E-state index contributed by atoms with van der Waals surface area (Å²) in [6.45, 7) is 0.579. The van der Waals surface area contributed by atoms with Crippen molar-refractivity contribution in [3.05, 3.63) is 35.9 Å². The lowest BCUT2D eigenvalue weighted by Crippen LogP contribution is -2.23. The van der Waals surface area contributed by atoms with E-state index in [4.69, 9.17) is 9.94 Å². The Morgan fingerprint density at radius 3 is 2.65 bits per heavy atom. The highest BCUT2D eigenvalue weighted by atomic mass is 16.7. The second kappa shape index (κ2) is 7.40. The van der Waals surface area contributed by atoms with E-state index in [-0.39, 0.29) is 13.0 Å². The van der Waals surface area contributed by atoms with Gasteiger partial charge in [0.05, 0.1) is 0 Å². The highest BCUT2D eigenvalue weighted by Crippen LogP contribution is 2.03. The lowest BCUT2D eigenvalue weighted by molar-refractivity contribution is -0.178. The van der Waals surface area contributed by atoms with E-state index in [1.807, 2.05) is 30.3 Å². The highest BCUT2D eigenvalue weighted by Gasteiger charge is 2.04. The van der Waals surface area contributed by atoms with Crippen LogP contribution in [-0.2, 0) is 21.0 Å². The monoisotopic (exact) mass is 237 g/mol. The molecule has 1 aromatic carbocycles. The van der Waals surface area contributed by atoms with E-state index in [0.717, 1.165) is 10.6 Å². The first kappa shape index (κ1) is 13.2. The SMILES string of the molecule is O=CN(CCCC(=O)O)OCc1ccccc1. The first-order valence-corrected chi connectivity index (χ1v) is 5.33. The number of hydroxylamine groups is 2. The van der Waals surface area contributed by atoms with Crippen LogP contribution in [0.2, 0.25) is 0 Å². The van der Waals surface area contributed by atoms with Crippen LogP contribution in [0, 0.1) is 0 Å². The second-order valence-electron chi connectivity index (χ2n) is 3.50. The van der Waals surface area contributed by atoms with Crippen LogP contribution >= 0.6 is 0 Å². The molecule has 0 aliphatic rings. The molecule has 0 atom stereocenters. The summed E-state index contributed by atoms with van der Waals surface area (Å²) < 4.78 is 0. The minimum absolute atomic E-state index is 0.0268. The largest absolute Gasteiger partial charge is 0.481 e. The molecule has 0 saturated carbocycles. The Labute approximate surface area is 99.6 Å². The number of hydrogen-bond donors (Lipinski definition) is 1. The third-order valence-electron chi connectivity index (χ3n) is 2.13. The van der Waals surface area contributed by atoms with Crippen LogP contribution in [0.15, 0.2) is 30.3 Å². The number of carboxylic acids is 1. The fourth-order valence-corrected chi connectivity index (χ4v) is 1.27. The maximum atomic E-state index is 10.7. The molecule has 0 aliphatic carbocycles. The molecule has 5 nitrogen and oxygen atoms in total. The van der Waals surface area contributed by atoms with Crippen LogP contribution in [0.3, 0.4) is 0 Å². The lowest BCUT2D eigenvalue weighted by Gasteiger charge is -2.16. The van der Waals surface area contributed by atoms with Gasteiger partial charge in [0.15, 0.2) is 0 Å². The standard InChI is InChI=1S/C12H15NO4/c14-10-13(8-4-7-12(15)16)17-9-11-5-2-1-3-6-11/h1-3,5-6,10H,4,7-9H2,(H,15,16). The summed E-state index contributed by atoms with van der Waals surface area (Å²) in [5.41, 5.74) is 0.956. The zero-order valence-corrected chi connectivity index (χ0v) is 9.41. The Morgan fingerprint density at radius 1 is 1.35 bits per heavy atom. The van der Waals surface area contributed by atoms with E-state index in [0.29, 0.717) is 19.4 Å². The van der Waals surface area contributed by atoms with E-state index in [1.165, 1.54) is 0 Å². The molecule has 1 amide bonds. The van der Waals surface area contributed by atoms with Crippen LogP contribution < -0.4 is 0 Å². The fourth-order valence-electron chi connectivity index (χ4n) is 1.27. The van der Waals surface area contributed by atoms with Crippen LogP contribution in [0.4, 0.5) is 0 Å². The zero-order chi connectivity index (χ0) is 12.5. The summed E-state index contributed by atoms with van der Waals surface area (Å²) in [4.78, 5) is 26.2. The molecule has 0 aliphatic heterocycles. The topological polar surface area (TPSA) is 66.8 Å². The van der Waals surface area contributed by atoms with Gasteiger partial charge in [0.1, 0.15) is 6.61 Å². The van der Waals surface area contributed by atoms with Gasteiger partial charge in [-0.05, 0) is 12.0 Å². The average Bonchev–Trinajstić information content (AvgIpc) is 2.34. The molecule has 1 N–H and O–H groups in total. The van der Waals surface area contributed by atoms with Gasteiger partial charge in [0, 0.05) is 13.0 Å². The van der Waals surface area contributed by atoms with Crippen molar-refractivity contribution in [3.63, 3.8) is 0 Å². The Balaban J connectivity index is 2.27. The highest BCUT2D eigenvalue weighted by molar-refractivity contribution is 5.66. The number of carbonyl (C=O) groups is 2. The minimum Gasteiger partial charge on any atom is -0.481 e. The molecule has 0 unspecified atom stereocenters. The Hall–Kier alpha value is -1.88. The van der Waals surface area contributed by atoms with E-state index < -0.39 is 5.97 Å². The van der Waals surface area contributed by atoms with Gasteiger partial charge < -0.3 is 5.11 Å². The van der Waals surface area contributed by atoms with E-state index >= 15 is 0 Å². The molecule has 0 spiro atoms. The average molecular weight is 237 g/mol. The van der Waals surface area contributed by atoms with Crippen molar-refractivity contribution in [2.45, 2.75) is 19.4 Å². The van der Waals surface area contributed by atoms with Crippen molar-refractivity contribution in [2.24, 2.45) is 0 Å². The summed E-state index contributed by atoms with van der Waals surface area (Å²) in [6.07, 6.45) is 0.965. The summed E-state index contributed by atoms with van der Waals surface area (Å²) in [7, 11) is 0. The van der Waals surface area contributed by atoms with Crippen molar-refractivity contribution >= 4 is 12.4 Å². The molecule has 1 aromatic rings. The van der Waals surface area contributed by atoms with Gasteiger partial charge in [-0.15, -0.1) is 0 Å². The summed E-state index contributed by atoms with van der Waals surface area (Å²) in [6, 6.07) is 9.44. The van der Waals surface area contributed by atoms with Gasteiger partial charge in [-0.1, -0.05) is 30.3 Å². The number of nitrogens with zero attached hydrogens (tertiary/aromatic N) is 1. The molecular formula is C12H15NO4. The summed E-state index contributed by atoms with van der Waals surface area (Å²) in [5.74, 6) is -0.876. The first-order valence-electron chi connectivity index (χ1n) is 5.33. The number of hydrogen-bond acceptors (Lipinski definition) is 3. The maximum absolute atomic E-state index is 10.7. The van der Waals surface area contributed by atoms with Gasteiger partial charge >= 0.3 is 5.97 Å². The quantitative estimate of drug-likeness (QED) is 0.548. The number of amides is 1. The van der Waals surface area contributed by atoms with Gasteiger partial charge in [0.25, 0.3) is 0 Å². The number of rotatable bonds is 8. The Kier molecular flexibility index (Phi) is 5.74. The maximum Gasteiger partial charge on any atom is 0.303 e. The minimum atomic E-state index is -0.876. The molecule has 0 heterocycles. The van der Waals surface area contributed by atoms with Gasteiger partial charge in [-0.3, -0.25) is 14.4 Å². The number of carboxylic acid groups (broad SMARTS) is 1. The zero-order valence-electron chi connectivity index (χ0n) is 9.41.